The number of nitrogens with zero attached hydrogens (tertiary/aromatic N) is 2. The smallest absolute Gasteiger partial charge is 0.283 e. The lowest BCUT2D eigenvalue weighted by molar-refractivity contribution is -0.114. The summed E-state index contributed by atoms with van der Waals surface area (Å²) in [5.41, 5.74) is 1.60. The number of hydrogen-bond acceptors (Lipinski definition) is 7. The Balaban J connectivity index is 1.39. The summed E-state index contributed by atoms with van der Waals surface area (Å²) < 4.78 is 17.3. The van der Waals surface area contributed by atoms with Gasteiger partial charge >= 0.3 is 0 Å². The molecule has 2 aliphatic rings. The average molecular weight is 493 g/mol. The third-order valence-electron chi connectivity index (χ3n) is 4.88. The molecule has 0 saturated heterocycles. The lowest BCUT2D eigenvalue weighted by atomic mass is 10.1. The molecule has 2 aromatic carbocycles. The minimum atomic E-state index is -0.446. The number of carbonyl (C=O) groups excluding carboxylic acids is 2. The standard InChI is InChI=1S/C25H24N4O5S/c1-3-32-22-15-17(14-20-23(26)29-10-13-35-25(29)28-24(20)31)4-9-21(22)34-12-11-33-19-7-5-18(6-8-19)27-16(2)30/h4-10,13-15,26H,3,11-12H2,1-2H3,(H,27,30)/b20-14-,26-23?. The maximum atomic E-state index is 12.4. The van der Waals surface area contributed by atoms with Crippen LogP contribution >= 0.6 is 11.8 Å². The average Bonchev–Trinajstić information content (AvgIpc) is 3.30. The lowest BCUT2D eigenvalue weighted by Gasteiger charge is -2.22. The fourth-order valence-corrected chi connectivity index (χ4v) is 4.05. The predicted octanol–water partition coefficient (Wildman–Crippen LogP) is 4.28. The summed E-state index contributed by atoms with van der Waals surface area (Å²) in [4.78, 5) is 29.2. The number of thioether (sulfide) groups is 1. The summed E-state index contributed by atoms with van der Waals surface area (Å²) in [5.74, 6) is 1.24. The number of carbonyl (C=O) groups is 2. The molecule has 0 radical (unpaired) electrons. The number of hydrogen-bond donors (Lipinski definition) is 2. The van der Waals surface area contributed by atoms with Gasteiger partial charge in [-0.3, -0.25) is 19.9 Å². The van der Waals surface area contributed by atoms with E-state index in [1.54, 1.807) is 65.0 Å². The van der Waals surface area contributed by atoms with E-state index in [0.29, 0.717) is 46.9 Å². The van der Waals surface area contributed by atoms with Crippen LogP contribution in [-0.4, -0.2) is 47.5 Å². The Labute approximate surface area is 207 Å². The van der Waals surface area contributed by atoms with Crippen molar-refractivity contribution in [2.24, 2.45) is 4.99 Å². The van der Waals surface area contributed by atoms with Crippen LogP contribution in [0.2, 0.25) is 0 Å². The van der Waals surface area contributed by atoms with E-state index < -0.39 is 5.91 Å². The molecule has 180 valence electrons. The molecule has 4 rings (SSSR count). The minimum absolute atomic E-state index is 0.0850. The van der Waals surface area contributed by atoms with Crippen molar-refractivity contribution in [2.75, 3.05) is 25.1 Å². The largest absolute Gasteiger partial charge is 0.490 e. The number of amidine groups is 2. The Morgan fingerprint density at radius 1 is 1.11 bits per heavy atom. The summed E-state index contributed by atoms with van der Waals surface area (Å²) in [6, 6.07) is 12.4. The Kier molecular flexibility index (Phi) is 7.51. The third-order valence-corrected chi connectivity index (χ3v) is 5.63. The van der Waals surface area contributed by atoms with Crippen molar-refractivity contribution in [3.63, 3.8) is 0 Å². The lowest BCUT2D eigenvalue weighted by Crippen LogP contribution is -2.35. The second kappa shape index (κ2) is 10.9. The number of aliphatic imine (C=N–C) groups is 1. The summed E-state index contributed by atoms with van der Waals surface area (Å²) in [5, 5.41) is 13.3. The second-order valence-electron chi connectivity index (χ2n) is 7.42. The van der Waals surface area contributed by atoms with E-state index >= 15 is 0 Å². The quantitative estimate of drug-likeness (QED) is 0.397. The van der Waals surface area contributed by atoms with Crippen LogP contribution in [0.1, 0.15) is 19.4 Å². The van der Waals surface area contributed by atoms with E-state index in [9.17, 15) is 9.59 Å². The molecule has 0 fully saturated rings. The van der Waals surface area contributed by atoms with Crippen molar-refractivity contribution < 1.29 is 23.8 Å². The molecule has 2 aliphatic heterocycles. The summed E-state index contributed by atoms with van der Waals surface area (Å²) >= 11 is 1.31. The summed E-state index contributed by atoms with van der Waals surface area (Å²) in [6.07, 6.45) is 3.34. The predicted molar refractivity (Wildman–Crippen MR) is 136 cm³/mol. The first-order valence-corrected chi connectivity index (χ1v) is 11.8. The summed E-state index contributed by atoms with van der Waals surface area (Å²) in [6.45, 7) is 4.36. The number of nitrogens with one attached hydrogen (secondary N) is 2. The van der Waals surface area contributed by atoms with Gasteiger partial charge in [0.25, 0.3) is 5.91 Å². The number of amides is 2. The number of rotatable bonds is 9. The van der Waals surface area contributed by atoms with Gasteiger partial charge in [0, 0.05) is 18.8 Å². The minimum Gasteiger partial charge on any atom is -0.490 e. The summed E-state index contributed by atoms with van der Waals surface area (Å²) in [7, 11) is 0. The monoisotopic (exact) mass is 492 g/mol. The van der Waals surface area contributed by atoms with Gasteiger partial charge in [-0.2, -0.15) is 4.99 Å². The van der Waals surface area contributed by atoms with Crippen LogP contribution in [0.25, 0.3) is 6.08 Å². The molecule has 2 N–H and O–H groups in total. The highest BCUT2D eigenvalue weighted by Crippen LogP contribution is 2.31. The van der Waals surface area contributed by atoms with E-state index in [0.717, 1.165) is 0 Å². The molecule has 0 aliphatic carbocycles. The van der Waals surface area contributed by atoms with Gasteiger partial charge in [0.15, 0.2) is 16.7 Å². The zero-order valence-corrected chi connectivity index (χ0v) is 20.1. The van der Waals surface area contributed by atoms with Crippen molar-refractivity contribution in [1.29, 1.82) is 5.41 Å². The van der Waals surface area contributed by atoms with Crippen LogP contribution in [0.3, 0.4) is 0 Å². The first kappa shape index (κ1) is 24.1. The fraction of sp³-hybridized carbons (Fsp3) is 0.200. The van der Waals surface area contributed by atoms with Crippen LogP contribution in [0, 0.1) is 5.41 Å². The molecule has 9 nitrogen and oxygen atoms in total. The third kappa shape index (κ3) is 5.90. The van der Waals surface area contributed by atoms with Gasteiger partial charge in [-0.15, -0.1) is 0 Å². The van der Waals surface area contributed by atoms with Gasteiger partial charge < -0.3 is 19.5 Å². The first-order valence-electron chi connectivity index (χ1n) is 10.9. The van der Waals surface area contributed by atoms with Crippen LogP contribution in [0.5, 0.6) is 17.2 Å². The number of anilines is 1. The number of benzene rings is 2. The highest BCUT2D eigenvalue weighted by atomic mass is 32.2. The van der Waals surface area contributed by atoms with E-state index in [1.807, 2.05) is 6.92 Å². The van der Waals surface area contributed by atoms with E-state index in [-0.39, 0.29) is 23.9 Å². The highest BCUT2D eigenvalue weighted by molar-refractivity contribution is 8.16. The van der Waals surface area contributed by atoms with Crippen LogP contribution < -0.4 is 19.5 Å². The molecule has 35 heavy (non-hydrogen) atoms. The van der Waals surface area contributed by atoms with Gasteiger partial charge in [-0.05, 0) is 60.4 Å². The molecule has 2 heterocycles. The Hall–Kier alpha value is -4.05. The maximum absolute atomic E-state index is 12.4. The van der Waals surface area contributed by atoms with Crippen LogP contribution in [-0.2, 0) is 9.59 Å². The number of ether oxygens (including phenoxy) is 3. The molecular weight excluding hydrogens is 468 g/mol. The molecule has 10 heteroatoms. The highest BCUT2D eigenvalue weighted by Gasteiger charge is 2.31. The molecule has 0 bridgehead atoms. The fourth-order valence-electron chi connectivity index (χ4n) is 3.35. The van der Waals surface area contributed by atoms with Crippen molar-refractivity contribution in [1.82, 2.24) is 4.90 Å². The van der Waals surface area contributed by atoms with Gasteiger partial charge in [-0.1, -0.05) is 17.8 Å². The van der Waals surface area contributed by atoms with Gasteiger partial charge in [0.05, 0.1) is 12.2 Å². The molecular formula is C25H24N4O5S. The van der Waals surface area contributed by atoms with Crippen molar-refractivity contribution in [3.05, 3.63) is 65.2 Å². The SMILES string of the molecule is CCOc1cc(/C=C2/C(=N)N3C=CSC3=NC2=O)ccc1OCCOc1ccc(NC(C)=O)cc1. The molecule has 0 unspecified atom stereocenters. The van der Waals surface area contributed by atoms with E-state index in [4.69, 9.17) is 19.6 Å². The maximum Gasteiger partial charge on any atom is 0.283 e. The first-order chi connectivity index (χ1) is 16.9. The Morgan fingerprint density at radius 2 is 1.89 bits per heavy atom. The zero-order valence-electron chi connectivity index (χ0n) is 19.2. The molecule has 0 atom stereocenters. The van der Waals surface area contributed by atoms with Gasteiger partial charge in [0.1, 0.15) is 24.8 Å². The van der Waals surface area contributed by atoms with Crippen LogP contribution in [0.15, 0.2) is 64.6 Å². The molecule has 2 aromatic rings. The van der Waals surface area contributed by atoms with Crippen molar-refractivity contribution >= 4 is 46.3 Å². The number of fused-ring (bicyclic) bond motifs is 1. The van der Waals surface area contributed by atoms with E-state index in [2.05, 4.69) is 10.3 Å². The Morgan fingerprint density at radius 3 is 2.63 bits per heavy atom. The molecule has 0 saturated carbocycles. The topological polar surface area (TPSA) is 113 Å². The van der Waals surface area contributed by atoms with E-state index in [1.165, 1.54) is 18.7 Å². The second-order valence-corrected chi connectivity index (χ2v) is 8.29. The normalized spacial score (nSPS) is 15.7. The van der Waals surface area contributed by atoms with Crippen LogP contribution in [0.4, 0.5) is 5.69 Å². The Bertz CT molecular complexity index is 1240. The molecule has 0 aromatic heterocycles. The van der Waals surface area contributed by atoms with Crippen molar-refractivity contribution in [2.45, 2.75) is 13.8 Å². The zero-order chi connectivity index (χ0) is 24.8. The van der Waals surface area contributed by atoms with Gasteiger partial charge in [0.2, 0.25) is 5.91 Å². The molecule has 2 amide bonds. The van der Waals surface area contributed by atoms with Gasteiger partial charge in [-0.25, -0.2) is 0 Å². The molecule has 0 spiro atoms. The van der Waals surface area contributed by atoms with Crippen molar-refractivity contribution in [3.8, 4) is 17.2 Å².